The number of halogens is 1. The van der Waals surface area contributed by atoms with Crippen LogP contribution in [0.4, 0.5) is 22.7 Å². The third-order valence-electron chi connectivity index (χ3n) is 13.1. The molecule has 5 fully saturated rings. The number of carbonyl (C=O) groups excluding carboxylic acids is 3. The van der Waals surface area contributed by atoms with E-state index in [1.165, 1.54) is 11.4 Å². The summed E-state index contributed by atoms with van der Waals surface area (Å²) in [6.45, 7) is 12.0. The Bertz CT molecular complexity index is 1940. The molecule has 1 spiro atoms. The van der Waals surface area contributed by atoms with Crippen molar-refractivity contribution in [3.8, 4) is 6.07 Å². The van der Waals surface area contributed by atoms with Crippen molar-refractivity contribution < 1.29 is 14.4 Å². The fourth-order valence-corrected chi connectivity index (χ4v) is 9.93. The Hall–Kier alpha value is -4.79. The van der Waals surface area contributed by atoms with Crippen LogP contribution in [0, 0.1) is 22.7 Å². The molecule has 8 rings (SSSR count). The van der Waals surface area contributed by atoms with Crippen LogP contribution in [0.25, 0.3) is 0 Å². The van der Waals surface area contributed by atoms with Gasteiger partial charge in [-0.2, -0.15) is 5.26 Å². The third kappa shape index (κ3) is 8.33. The molecule has 56 heavy (non-hydrogen) atoms. The molecular formula is C44H53ClN8O3. The molecule has 2 N–H and O–H groups in total. The number of anilines is 4. The van der Waals surface area contributed by atoms with E-state index in [1.54, 1.807) is 0 Å². The Morgan fingerprint density at radius 1 is 0.857 bits per heavy atom. The number of rotatable bonds is 8. The van der Waals surface area contributed by atoms with Crippen LogP contribution in [-0.2, 0) is 9.59 Å². The van der Waals surface area contributed by atoms with Gasteiger partial charge in [-0.25, -0.2) is 0 Å². The van der Waals surface area contributed by atoms with Crippen molar-refractivity contribution >= 4 is 52.1 Å². The van der Waals surface area contributed by atoms with Gasteiger partial charge < -0.3 is 24.9 Å². The highest BCUT2D eigenvalue weighted by molar-refractivity contribution is 6.32. The van der Waals surface area contributed by atoms with Gasteiger partial charge in [-0.3, -0.25) is 24.6 Å². The predicted molar refractivity (Wildman–Crippen MR) is 221 cm³/mol. The van der Waals surface area contributed by atoms with Gasteiger partial charge in [0.1, 0.15) is 12.1 Å². The number of hydrogen-bond acceptors (Lipinski definition) is 9. The second kappa shape index (κ2) is 16.4. The fraction of sp³-hybridized carbons (Fsp3) is 0.500. The van der Waals surface area contributed by atoms with Crippen LogP contribution in [0.3, 0.4) is 0 Å². The van der Waals surface area contributed by atoms with Gasteiger partial charge in [-0.05, 0) is 124 Å². The average molecular weight is 777 g/mol. The van der Waals surface area contributed by atoms with Crippen molar-refractivity contribution in [1.82, 2.24) is 15.1 Å². The standard InChI is InChI=1S/C44H53ClN8O3/c1-31-27-44(30-53(31)38-9-4-34(28-46)39(45)26-38)16-20-50(21-17-44)36-7-2-33(3-8-36)43(56)52-18-14-32(15-19-52)29-49-22-24-51(25-23-49)37-10-5-35(6-11-37)47-40-12-13-41(54)48-42(40)55/h2-11,26,31-32,40,47H,12-25,27,29-30H2,1H3,(H,48,54,55)/t31-,40+/m1/s1. The highest BCUT2D eigenvalue weighted by atomic mass is 35.5. The Kier molecular flexibility index (Phi) is 11.1. The van der Waals surface area contributed by atoms with Crippen LogP contribution in [0.1, 0.15) is 67.8 Å². The highest BCUT2D eigenvalue weighted by Crippen LogP contribution is 2.46. The van der Waals surface area contributed by atoms with Gasteiger partial charge in [-0.15, -0.1) is 0 Å². The number of benzene rings is 3. The van der Waals surface area contributed by atoms with Crippen molar-refractivity contribution in [2.24, 2.45) is 11.3 Å². The lowest BCUT2D eigenvalue weighted by Crippen LogP contribution is -2.49. The van der Waals surface area contributed by atoms with Crippen molar-refractivity contribution in [3.63, 3.8) is 0 Å². The summed E-state index contributed by atoms with van der Waals surface area (Å²) in [5.41, 5.74) is 5.93. The summed E-state index contributed by atoms with van der Waals surface area (Å²) >= 11 is 6.38. The van der Waals surface area contributed by atoms with Crippen molar-refractivity contribution in [2.75, 3.05) is 85.5 Å². The van der Waals surface area contributed by atoms with E-state index in [2.05, 4.69) is 67.5 Å². The molecule has 12 heteroatoms. The summed E-state index contributed by atoms with van der Waals surface area (Å²) in [7, 11) is 0. The molecule has 0 radical (unpaired) electrons. The summed E-state index contributed by atoms with van der Waals surface area (Å²) in [5.74, 6) is 0.283. The number of piperazine rings is 1. The number of carbonyl (C=O) groups is 3. The zero-order chi connectivity index (χ0) is 38.8. The van der Waals surface area contributed by atoms with Crippen LogP contribution >= 0.6 is 11.6 Å². The van der Waals surface area contributed by atoms with E-state index in [1.807, 2.05) is 47.4 Å². The minimum Gasteiger partial charge on any atom is -0.374 e. The largest absolute Gasteiger partial charge is 0.374 e. The number of nitrogens with one attached hydrogen (secondary N) is 2. The molecule has 3 aromatic carbocycles. The SMILES string of the molecule is C[C@@H]1CC2(CCN(c3ccc(C(=O)N4CCC(CN5CCN(c6ccc(N[C@H]7CCC(=O)NC7=O)cc6)CC5)CC4)cc3)CC2)CN1c1ccc(C#N)c(Cl)c1. The zero-order valence-electron chi connectivity index (χ0n) is 32.4. The molecule has 0 aromatic heterocycles. The molecule has 3 amide bonds. The molecule has 5 aliphatic rings. The van der Waals surface area contributed by atoms with E-state index in [0.29, 0.717) is 35.4 Å². The number of likely N-dealkylation sites (tertiary alicyclic amines) is 1. The zero-order valence-corrected chi connectivity index (χ0v) is 33.1. The Morgan fingerprint density at radius 3 is 2.14 bits per heavy atom. The first-order valence-corrected chi connectivity index (χ1v) is 20.8. The number of nitriles is 1. The van der Waals surface area contributed by atoms with Gasteiger partial charge in [0.25, 0.3) is 5.91 Å². The van der Waals surface area contributed by atoms with E-state index in [-0.39, 0.29) is 29.2 Å². The normalized spacial score (nSPS) is 23.3. The molecule has 5 saturated heterocycles. The average Bonchev–Trinajstić information content (AvgIpc) is 3.54. The number of hydrogen-bond donors (Lipinski definition) is 2. The molecule has 11 nitrogen and oxygen atoms in total. The first-order valence-electron chi connectivity index (χ1n) is 20.4. The number of piperidine rings is 3. The summed E-state index contributed by atoms with van der Waals surface area (Å²) < 4.78 is 0. The first kappa shape index (κ1) is 38.1. The molecule has 0 aliphatic carbocycles. The first-order chi connectivity index (χ1) is 27.1. The minimum absolute atomic E-state index is 0.141. The minimum atomic E-state index is -0.378. The number of imide groups is 1. The fourth-order valence-electron chi connectivity index (χ4n) is 9.71. The summed E-state index contributed by atoms with van der Waals surface area (Å²) in [5, 5.41) is 15.5. The van der Waals surface area contributed by atoms with Gasteiger partial charge in [0.05, 0.1) is 10.6 Å². The Morgan fingerprint density at radius 2 is 1.50 bits per heavy atom. The van der Waals surface area contributed by atoms with Gasteiger partial charge in [-0.1, -0.05) is 11.6 Å². The molecule has 294 valence electrons. The predicted octanol–water partition coefficient (Wildman–Crippen LogP) is 5.99. The summed E-state index contributed by atoms with van der Waals surface area (Å²) in [6, 6.07) is 24.6. The lowest BCUT2D eigenvalue weighted by atomic mass is 9.76. The smallest absolute Gasteiger partial charge is 0.253 e. The summed E-state index contributed by atoms with van der Waals surface area (Å²) in [6.07, 6.45) is 6.37. The molecule has 0 bridgehead atoms. The molecule has 3 aromatic rings. The second-order valence-electron chi connectivity index (χ2n) is 16.7. The molecule has 5 heterocycles. The van der Waals surface area contributed by atoms with E-state index in [9.17, 15) is 19.6 Å². The van der Waals surface area contributed by atoms with Gasteiger partial charge in [0.2, 0.25) is 11.8 Å². The molecule has 0 saturated carbocycles. The van der Waals surface area contributed by atoms with E-state index < -0.39 is 0 Å². The Labute approximate surface area is 335 Å². The van der Waals surface area contributed by atoms with E-state index >= 15 is 0 Å². The summed E-state index contributed by atoms with van der Waals surface area (Å²) in [4.78, 5) is 49.1. The van der Waals surface area contributed by atoms with Gasteiger partial charge in [0, 0.05) is 106 Å². The third-order valence-corrected chi connectivity index (χ3v) is 13.4. The van der Waals surface area contributed by atoms with Crippen molar-refractivity contribution in [2.45, 2.75) is 64.0 Å². The maximum Gasteiger partial charge on any atom is 0.253 e. The second-order valence-corrected chi connectivity index (χ2v) is 17.1. The number of nitrogens with zero attached hydrogens (tertiary/aromatic N) is 6. The van der Waals surface area contributed by atoms with Crippen LogP contribution in [0.2, 0.25) is 5.02 Å². The van der Waals surface area contributed by atoms with Crippen LogP contribution in [0.15, 0.2) is 66.7 Å². The van der Waals surface area contributed by atoms with Gasteiger partial charge >= 0.3 is 0 Å². The Balaban J connectivity index is 0.752. The van der Waals surface area contributed by atoms with Crippen LogP contribution in [0.5, 0.6) is 0 Å². The quantitative estimate of drug-likeness (QED) is 0.267. The monoisotopic (exact) mass is 776 g/mol. The lowest BCUT2D eigenvalue weighted by Gasteiger charge is -2.40. The number of amides is 3. The van der Waals surface area contributed by atoms with Crippen LogP contribution in [-0.4, -0.2) is 105 Å². The molecular weight excluding hydrogens is 724 g/mol. The molecule has 0 unspecified atom stereocenters. The maximum absolute atomic E-state index is 13.5. The van der Waals surface area contributed by atoms with Crippen molar-refractivity contribution in [3.05, 3.63) is 82.9 Å². The molecule has 2 atom stereocenters. The maximum atomic E-state index is 13.5. The topological polar surface area (TPSA) is 115 Å². The van der Waals surface area contributed by atoms with E-state index in [4.69, 9.17) is 11.6 Å². The van der Waals surface area contributed by atoms with Gasteiger partial charge in [0.15, 0.2) is 0 Å². The highest BCUT2D eigenvalue weighted by Gasteiger charge is 2.44. The van der Waals surface area contributed by atoms with Crippen LogP contribution < -0.4 is 25.3 Å². The van der Waals surface area contributed by atoms with E-state index in [0.717, 1.165) is 114 Å². The lowest BCUT2D eigenvalue weighted by molar-refractivity contribution is -0.133. The van der Waals surface area contributed by atoms with Crippen molar-refractivity contribution in [1.29, 1.82) is 5.26 Å². The molecule has 5 aliphatic heterocycles.